The van der Waals surface area contributed by atoms with Crippen molar-refractivity contribution in [3.8, 4) is 0 Å². The lowest BCUT2D eigenvalue weighted by Crippen LogP contribution is -2.16. The van der Waals surface area contributed by atoms with Crippen molar-refractivity contribution in [1.29, 1.82) is 0 Å². The molecule has 2 rings (SSSR count). The first-order valence-corrected chi connectivity index (χ1v) is 7.89. The Labute approximate surface area is 141 Å². The molecule has 1 heterocycles. The molecule has 0 aliphatic carbocycles. The summed E-state index contributed by atoms with van der Waals surface area (Å²) < 4.78 is 33.6. The highest BCUT2D eigenvalue weighted by molar-refractivity contribution is 7.98. The summed E-state index contributed by atoms with van der Waals surface area (Å²) in [5.74, 6) is -2.54. The highest BCUT2D eigenvalue weighted by Crippen LogP contribution is 2.30. The Morgan fingerprint density at radius 3 is 2.74 bits per heavy atom. The maximum absolute atomic E-state index is 13.2. The highest BCUT2D eigenvalue weighted by atomic mass is 35.5. The van der Waals surface area contributed by atoms with Crippen LogP contribution in [0.3, 0.4) is 0 Å². The second-order valence-electron chi connectivity index (χ2n) is 4.60. The minimum absolute atomic E-state index is 0.141. The van der Waals surface area contributed by atoms with Crippen LogP contribution in [0.5, 0.6) is 0 Å². The minimum atomic E-state index is -1.04. The van der Waals surface area contributed by atoms with Gasteiger partial charge in [-0.3, -0.25) is 4.79 Å². The molecule has 0 atom stereocenters. The lowest BCUT2D eigenvalue weighted by Gasteiger charge is -2.07. The topological polar surface area (TPSA) is 58.1 Å². The first-order chi connectivity index (χ1) is 10.9. The Balaban J connectivity index is 2.17. The third kappa shape index (κ3) is 4.15. The fraction of sp³-hybridized carbons (Fsp3) is 0.214. The van der Waals surface area contributed by atoms with Gasteiger partial charge in [-0.2, -0.15) is 0 Å². The van der Waals surface area contributed by atoms with Gasteiger partial charge < -0.3 is 14.6 Å². The van der Waals surface area contributed by atoms with Crippen LogP contribution in [0.4, 0.5) is 20.2 Å². The molecule has 2 aromatic rings. The number of nitrogens with zero attached hydrogens (tertiary/aromatic N) is 1. The molecule has 0 aliphatic heterocycles. The largest absolute Gasteiger partial charge is 0.343 e. The number of rotatable bonds is 6. The van der Waals surface area contributed by atoms with E-state index in [0.29, 0.717) is 5.69 Å². The monoisotopic (exact) mass is 360 g/mol. The lowest BCUT2D eigenvalue weighted by molar-refractivity contribution is 0.101. The maximum Gasteiger partial charge on any atom is 0.273 e. The summed E-state index contributed by atoms with van der Waals surface area (Å²) in [7, 11) is 1.66. The number of halogens is 3. The summed E-state index contributed by atoms with van der Waals surface area (Å²) in [4.78, 5) is 12.3. The number of hydrogen-bond acceptors (Lipinski definition) is 4. The van der Waals surface area contributed by atoms with Crippen LogP contribution in [-0.2, 0) is 7.05 Å². The van der Waals surface area contributed by atoms with Gasteiger partial charge >= 0.3 is 0 Å². The number of anilines is 2. The third-order valence-electron chi connectivity index (χ3n) is 2.89. The van der Waals surface area contributed by atoms with Crippen molar-refractivity contribution in [2.24, 2.45) is 7.05 Å². The van der Waals surface area contributed by atoms with Crippen molar-refractivity contribution in [2.75, 3.05) is 16.6 Å². The summed E-state index contributed by atoms with van der Waals surface area (Å²) in [5, 5.41) is 2.72. The molecular weight excluding hydrogens is 346 g/mol. The third-order valence-corrected chi connectivity index (χ3v) is 4.03. The number of carbonyl (C=O) groups is 1. The zero-order valence-electron chi connectivity index (χ0n) is 12.4. The van der Waals surface area contributed by atoms with E-state index in [4.69, 9.17) is 11.6 Å². The van der Waals surface area contributed by atoms with Gasteiger partial charge in [0, 0.05) is 43.7 Å². The minimum Gasteiger partial charge on any atom is -0.343 e. The number of amides is 1. The van der Waals surface area contributed by atoms with Gasteiger partial charge in [-0.25, -0.2) is 13.5 Å². The molecule has 23 heavy (non-hydrogen) atoms. The van der Waals surface area contributed by atoms with E-state index in [0.717, 1.165) is 18.7 Å². The lowest BCUT2D eigenvalue weighted by atomic mass is 10.3. The van der Waals surface area contributed by atoms with Crippen LogP contribution in [0, 0.1) is 11.6 Å². The van der Waals surface area contributed by atoms with Crippen molar-refractivity contribution in [1.82, 2.24) is 9.29 Å². The molecule has 5 nitrogen and oxygen atoms in total. The molecule has 1 aromatic heterocycles. The van der Waals surface area contributed by atoms with E-state index in [1.165, 1.54) is 18.2 Å². The van der Waals surface area contributed by atoms with Crippen molar-refractivity contribution in [3.63, 3.8) is 0 Å². The molecule has 0 spiro atoms. The molecule has 1 amide bonds. The van der Waals surface area contributed by atoms with Crippen molar-refractivity contribution in [2.45, 2.75) is 6.92 Å². The zero-order valence-corrected chi connectivity index (χ0v) is 14.0. The van der Waals surface area contributed by atoms with E-state index in [2.05, 4.69) is 14.8 Å². The number of benzene rings is 1. The fourth-order valence-corrected chi connectivity index (χ4v) is 2.71. The van der Waals surface area contributed by atoms with Crippen LogP contribution >= 0.6 is 23.7 Å². The standard InChI is InChI=1S/C14H15ClF2N4OS/c1-3-18-23-20-11-7-21(2)13(12(11)15)14(22)19-8-4-5-9(16)10(17)6-8/h4-7,18,20H,3H2,1-2H3,(H,19,22). The first-order valence-electron chi connectivity index (χ1n) is 6.70. The molecule has 0 radical (unpaired) electrons. The molecule has 124 valence electrons. The number of aromatic nitrogens is 1. The average molecular weight is 361 g/mol. The van der Waals surface area contributed by atoms with Crippen LogP contribution in [0.2, 0.25) is 5.02 Å². The van der Waals surface area contributed by atoms with Crippen molar-refractivity contribution >= 4 is 41.0 Å². The summed E-state index contributed by atoms with van der Waals surface area (Å²) in [6.45, 7) is 2.70. The Kier molecular flexibility index (Phi) is 5.86. The van der Waals surface area contributed by atoms with Crippen LogP contribution in [-0.4, -0.2) is 17.0 Å². The predicted octanol–water partition coefficient (Wildman–Crippen LogP) is 3.79. The van der Waals surface area contributed by atoms with E-state index >= 15 is 0 Å². The number of nitrogens with one attached hydrogen (secondary N) is 3. The number of hydrogen-bond donors (Lipinski definition) is 3. The molecule has 1 aromatic carbocycles. The molecule has 0 saturated heterocycles. The molecular formula is C14H15ClF2N4OS. The summed E-state index contributed by atoms with van der Waals surface area (Å²) >= 11 is 7.45. The van der Waals surface area contributed by atoms with Gasteiger partial charge in [0.25, 0.3) is 5.91 Å². The van der Waals surface area contributed by atoms with Gasteiger partial charge in [0.2, 0.25) is 0 Å². The normalized spacial score (nSPS) is 10.7. The van der Waals surface area contributed by atoms with E-state index in [9.17, 15) is 13.6 Å². The van der Waals surface area contributed by atoms with Gasteiger partial charge in [-0.05, 0) is 12.1 Å². The molecule has 0 aliphatic rings. The van der Waals surface area contributed by atoms with E-state index in [1.807, 2.05) is 6.92 Å². The average Bonchev–Trinajstić information content (AvgIpc) is 2.78. The van der Waals surface area contributed by atoms with E-state index in [-0.39, 0.29) is 16.4 Å². The number of carbonyl (C=O) groups excluding carboxylic acids is 1. The van der Waals surface area contributed by atoms with Crippen LogP contribution in [0.15, 0.2) is 24.4 Å². The molecule has 0 saturated carbocycles. The Hall–Kier alpha value is -1.77. The van der Waals surface area contributed by atoms with E-state index < -0.39 is 17.5 Å². The fourth-order valence-electron chi connectivity index (χ4n) is 1.86. The SMILES string of the molecule is CCNSNc1cn(C)c(C(=O)Nc2ccc(F)c(F)c2)c1Cl. The number of aryl methyl sites for hydroxylation is 1. The smallest absolute Gasteiger partial charge is 0.273 e. The highest BCUT2D eigenvalue weighted by Gasteiger charge is 2.19. The summed E-state index contributed by atoms with van der Waals surface area (Å²) in [6.07, 6.45) is 1.66. The van der Waals surface area contributed by atoms with Gasteiger partial charge in [0.05, 0.1) is 10.7 Å². The predicted molar refractivity (Wildman–Crippen MR) is 89.6 cm³/mol. The molecule has 9 heteroatoms. The first kappa shape index (κ1) is 17.6. The van der Waals surface area contributed by atoms with Crippen molar-refractivity contribution in [3.05, 3.63) is 46.7 Å². The van der Waals surface area contributed by atoms with Crippen LogP contribution < -0.4 is 14.8 Å². The Morgan fingerprint density at radius 2 is 2.09 bits per heavy atom. The summed E-state index contributed by atoms with van der Waals surface area (Å²) in [6, 6.07) is 3.12. The van der Waals surface area contributed by atoms with Crippen LogP contribution in [0.25, 0.3) is 0 Å². The molecule has 0 bridgehead atoms. The van der Waals surface area contributed by atoms with E-state index in [1.54, 1.807) is 17.8 Å². The molecule has 3 N–H and O–H groups in total. The van der Waals surface area contributed by atoms with Crippen molar-refractivity contribution < 1.29 is 13.6 Å². The molecule has 0 unspecified atom stereocenters. The van der Waals surface area contributed by atoms with Gasteiger partial charge in [0.1, 0.15) is 5.69 Å². The van der Waals surface area contributed by atoms with Gasteiger partial charge in [-0.1, -0.05) is 18.5 Å². The quantitative estimate of drug-likeness (QED) is 0.542. The summed E-state index contributed by atoms with van der Waals surface area (Å²) in [5.41, 5.74) is 0.911. The maximum atomic E-state index is 13.2. The van der Waals surface area contributed by atoms with Gasteiger partial charge in [0.15, 0.2) is 11.6 Å². The zero-order chi connectivity index (χ0) is 17.0. The van der Waals surface area contributed by atoms with Gasteiger partial charge in [-0.15, -0.1) is 0 Å². The second-order valence-corrected chi connectivity index (χ2v) is 5.68. The van der Waals surface area contributed by atoms with Crippen LogP contribution in [0.1, 0.15) is 17.4 Å². The Bertz CT molecular complexity index is 723. The second kappa shape index (κ2) is 7.67. The Morgan fingerprint density at radius 1 is 1.35 bits per heavy atom. The molecule has 0 fully saturated rings.